The van der Waals surface area contributed by atoms with E-state index in [2.05, 4.69) is 14.8 Å². The van der Waals surface area contributed by atoms with Crippen LogP contribution >= 0.6 is 11.3 Å². The molecule has 120 valence electrons. The average molecular weight is 321 g/mol. The molecule has 3 unspecified atom stereocenters. The molecule has 3 atom stereocenters. The van der Waals surface area contributed by atoms with E-state index in [1.807, 2.05) is 11.6 Å². The van der Waals surface area contributed by atoms with E-state index in [9.17, 15) is 4.79 Å². The number of thiazole rings is 1. The molecule has 0 spiro atoms. The number of aromatic nitrogens is 1. The minimum atomic E-state index is -0.0215. The van der Waals surface area contributed by atoms with Crippen LogP contribution in [0.25, 0.3) is 0 Å². The second-order valence-corrected chi connectivity index (χ2v) is 7.33. The summed E-state index contributed by atoms with van der Waals surface area (Å²) < 4.78 is 5.91. The van der Waals surface area contributed by atoms with Crippen molar-refractivity contribution < 1.29 is 9.53 Å². The predicted molar refractivity (Wildman–Crippen MR) is 86.2 cm³/mol. The Morgan fingerprint density at radius 3 is 3.00 bits per heavy atom. The summed E-state index contributed by atoms with van der Waals surface area (Å²) in [7, 11) is 0. The highest BCUT2D eigenvalue weighted by atomic mass is 32.1. The van der Waals surface area contributed by atoms with Crippen molar-refractivity contribution in [1.29, 1.82) is 0 Å². The van der Waals surface area contributed by atoms with Crippen molar-refractivity contribution in [2.75, 3.05) is 24.6 Å². The molecule has 1 aromatic rings. The van der Waals surface area contributed by atoms with Crippen LogP contribution in [0.3, 0.4) is 0 Å². The highest BCUT2D eigenvalue weighted by molar-refractivity contribution is 7.13. The molecule has 22 heavy (non-hydrogen) atoms. The number of nitrogens with zero attached hydrogens (tertiary/aromatic N) is 3. The lowest BCUT2D eigenvalue weighted by atomic mass is 9.89. The fraction of sp³-hybridized carbons (Fsp3) is 0.750. The van der Waals surface area contributed by atoms with Crippen LogP contribution < -0.4 is 4.90 Å². The second kappa shape index (κ2) is 6.16. The maximum absolute atomic E-state index is 13.2. The van der Waals surface area contributed by atoms with Crippen LogP contribution in [0.4, 0.5) is 5.13 Å². The Bertz CT molecular complexity index is 519. The molecule has 1 amide bonds. The number of hydrogen-bond donors (Lipinski definition) is 0. The molecule has 2 aliphatic heterocycles. The minimum Gasteiger partial charge on any atom is -0.374 e. The summed E-state index contributed by atoms with van der Waals surface area (Å²) in [5.74, 6) is 0.299. The van der Waals surface area contributed by atoms with Gasteiger partial charge in [0.15, 0.2) is 5.13 Å². The van der Waals surface area contributed by atoms with Crippen LogP contribution in [-0.4, -0.2) is 53.7 Å². The lowest BCUT2D eigenvalue weighted by Crippen LogP contribution is -2.58. The molecule has 0 bridgehead atoms. The molecule has 0 radical (unpaired) electrons. The number of amides is 1. The SMILES string of the molecule is O=C(C1CCCN1c1nccs1)N1CCOC2CCCCC21. The lowest BCUT2D eigenvalue weighted by Gasteiger charge is -2.45. The minimum absolute atomic E-state index is 0.0215. The molecule has 0 N–H and O–H groups in total. The summed E-state index contributed by atoms with van der Waals surface area (Å²) in [6, 6.07) is 0.278. The highest BCUT2D eigenvalue weighted by Gasteiger charge is 2.42. The average Bonchev–Trinajstić information content (AvgIpc) is 3.24. The van der Waals surface area contributed by atoms with Gasteiger partial charge < -0.3 is 14.5 Å². The first-order valence-corrected chi connectivity index (χ1v) is 9.31. The molecule has 2 saturated heterocycles. The first-order chi connectivity index (χ1) is 10.8. The van der Waals surface area contributed by atoms with Crippen LogP contribution in [-0.2, 0) is 9.53 Å². The van der Waals surface area contributed by atoms with Gasteiger partial charge in [-0.2, -0.15) is 0 Å². The first-order valence-electron chi connectivity index (χ1n) is 8.43. The van der Waals surface area contributed by atoms with Crippen LogP contribution in [0.5, 0.6) is 0 Å². The summed E-state index contributed by atoms with van der Waals surface area (Å²) in [5, 5.41) is 2.98. The quantitative estimate of drug-likeness (QED) is 0.838. The first kappa shape index (κ1) is 14.5. The van der Waals surface area contributed by atoms with Gasteiger partial charge in [-0.25, -0.2) is 4.98 Å². The number of anilines is 1. The second-order valence-electron chi connectivity index (χ2n) is 6.46. The number of hydrogen-bond acceptors (Lipinski definition) is 5. The number of rotatable bonds is 2. The molecule has 3 fully saturated rings. The van der Waals surface area contributed by atoms with Crippen molar-refractivity contribution in [3.8, 4) is 0 Å². The Balaban J connectivity index is 1.52. The maximum Gasteiger partial charge on any atom is 0.245 e. The third-order valence-corrected chi connectivity index (χ3v) is 6.03. The lowest BCUT2D eigenvalue weighted by molar-refractivity contribution is -0.150. The van der Waals surface area contributed by atoms with Crippen molar-refractivity contribution >= 4 is 22.4 Å². The number of morpholine rings is 1. The Morgan fingerprint density at radius 1 is 1.23 bits per heavy atom. The third-order valence-electron chi connectivity index (χ3n) is 5.22. The Labute approximate surface area is 135 Å². The van der Waals surface area contributed by atoms with Gasteiger partial charge in [0.1, 0.15) is 6.04 Å². The van der Waals surface area contributed by atoms with E-state index in [1.54, 1.807) is 11.3 Å². The summed E-state index contributed by atoms with van der Waals surface area (Å²) in [6.45, 7) is 2.39. The van der Waals surface area contributed by atoms with Gasteiger partial charge in [0, 0.05) is 24.7 Å². The normalized spacial score (nSPS) is 32.1. The number of carbonyl (C=O) groups excluding carboxylic acids is 1. The Kier molecular flexibility index (Phi) is 4.05. The van der Waals surface area contributed by atoms with Gasteiger partial charge in [-0.1, -0.05) is 12.8 Å². The fourth-order valence-corrected chi connectivity index (χ4v) is 4.89. The van der Waals surface area contributed by atoms with Gasteiger partial charge in [0.2, 0.25) is 5.91 Å². The summed E-state index contributed by atoms with van der Waals surface area (Å²) in [6.07, 6.45) is 8.77. The third kappa shape index (κ3) is 2.52. The van der Waals surface area contributed by atoms with Gasteiger partial charge in [-0.3, -0.25) is 4.79 Å². The van der Waals surface area contributed by atoms with E-state index in [4.69, 9.17) is 4.74 Å². The Hall–Kier alpha value is -1.14. The molecular formula is C16H23N3O2S. The largest absolute Gasteiger partial charge is 0.374 e. The summed E-state index contributed by atoms with van der Waals surface area (Å²) in [4.78, 5) is 21.9. The molecule has 1 saturated carbocycles. The van der Waals surface area contributed by atoms with Crippen molar-refractivity contribution in [2.24, 2.45) is 0 Å². The standard InChI is InChI=1S/C16H23N3O2S/c20-15(13-5-3-8-19(13)16-17-7-11-22-16)18-9-10-21-14-6-2-1-4-12(14)18/h7,11-14H,1-6,8-10H2. The summed E-state index contributed by atoms with van der Waals surface area (Å²) >= 11 is 1.63. The Morgan fingerprint density at radius 2 is 2.14 bits per heavy atom. The van der Waals surface area contributed by atoms with Gasteiger partial charge >= 0.3 is 0 Å². The highest BCUT2D eigenvalue weighted by Crippen LogP contribution is 2.32. The van der Waals surface area contributed by atoms with E-state index >= 15 is 0 Å². The van der Waals surface area contributed by atoms with Crippen molar-refractivity contribution in [3.63, 3.8) is 0 Å². The molecule has 4 rings (SSSR count). The van der Waals surface area contributed by atoms with Crippen LogP contribution in [0.2, 0.25) is 0 Å². The van der Waals surface area contributed by atoms with Crippen molar-refractivity contribution in [1.82, 2.24) is 9.88 Å². The maximum atomic E-state index is 13.2. The molecule has 0 aromatic carbocycles. The van der Waals surface area contributed by atoms with Crippen LogP contribution in [0.15, 0.2) is 11.6 Å². The van der Waals surface area contributed by atoms with Crippen LogP contribution in [0, 0.1) is 0 Å². The summed E-state index contributed by atoms with van der Waals surface area (Å²) in [5.41, 5.74) is 0. The fourth-order valence-electron chi connectivity index (χ4n) is 4.17. The predicted octanol–water partition coefficient (Wildman–Crippen LogP) is 2.28. The van der Waals surface area contributed by atoms with Crippen LogP contribution in [0.1, 0.15) is 38.5 Å². The topological polar surface area (TPSA) is 45.7 Å². The van der Waals surface area contributed by atoms with Gasteiger partial charge in [0.05, 0.1) is 18.8 Å². The monoisotopic (exact) mass is 321 g/mol. The number of fused-ring (bicyclic) bond motifs is 1. The van der Waals surface area contributed by atoms with E-state index in [0.717, 1.165) is 43.9 Å². The zero-order valence-electron chi connectivity index (χ0n) is 12.8. The van der Waals surface area contributed by atoms with Gasteiger partial charge in [0.25, 0.3) is 0 Å². The molecular weight excluding hydrogens is 298 g/mol. The van der Waals surface area contributed by atoms with E-state index in [0.29, 0.717) is 18.6 Å². The zero-order valence-corrected chi connectivity index (χ0v) is 13.6. The van der Waals surface area contributed by atoms with E-state index < -0.39 is 0 Å². The number of ether oxygens (including phenoxy) is 1. The zero-order chi connectivity index (χ0) is 14.9. The molecule has 1 aliphatic carbocycles. The van der Waals surface area contributed by atoms with E-state index in [-0.39, 0.29) is 12.1 Å². The van der Waals surface area contributed by atoms with E-state index in [1.165, 1.54) is 12.8 Å². The molecule has 5 nitrogen and oxygen atoms in total. The molecule has 3 aliphatic rings. The molecule has 3 heterocycles. The molecule has 1 aromatic heterocycles. The smallest absolute Gasteiger partial charge is 0.245 e. The van der Waals surface area contributed by atoms with Gasteiger partial charge in [-0.05, 0) is 25.7 Å². The van der Waals surface area contributed by atoms with Crippen molar-refractivity contribution in [2.45, 2.75) is 56.7 Å². The molecule has 6 heteroatoms. The van der Waals surface area contributed by atoms with Crippen molar-refractivity contribution in [3.05, 3.63) is 11.6 Å². The van der Waals surface area contributed by atoms with Gasteiger partial charge in [-0.15, -0.1) is 11.3 Å². The number of carbonyl (C=O) groups is 1.